The van der Waals surface area contributed by atoms with Gasteiger partial charge in [-0.1, -0.05) is 20.8 Å². The zero-order valence-electron chi connectivity index (χ0n) is 7.76. The minimum atomic E-state index is 0. The Morgan fingerprint density at radius 2 is 1.73 bits per heavy atom. The highest BCUT2D eigenvalue weighted by molar-refractivity contribution is 14.0. The SMILES string of the molecule is C#C.CC.C[C@@H]1CCNC1.I. The van der Waals surface area contributed by atoms with E-state index in [2.05, 4.69) is 25.1 Å². The van der Waals surface area contributed by atoms with E-state index in [0.717, 1.165) is 5.92 Å². The number of terminal acetylenes is 1. The molecule has 1 nitrogen and oxygen atoms in total. The first-order valence-corrected chi connectivity index (χ1v) is 3.93. The molecule has 1 fully saturated rings. The lowest BCUT2D eigenvalue weighted by Crippen LogP contribution is -2.06. The summed E-state index contributed by atoms with van der Waals surface area (Å²) in [6, 6.07) is 0. The second kappa shape index (κ2) is 16.7. The summed E-state index contributed by atoms with van der Waals surface area (Å²) in [5, 5.41) is 3.27. The Kier molecular flexibility index (Phi) is 26.3. The Labute approximate surface area is 88.4 Å². The fraction of sp³-hybridized carbons (Fsp3) is 0.778. The number of rotatable bonds is 0. The van der Waals surface area contributed by atoms with E-state index < -0.39 is 0 Å². The van der Waals surface area contributed by atoms with E-state index in [0.29, 0.717) is 0 Å². The normalized spacial score (nSPS) is 19.5. The molecule has 1 saturated heterocycles. The van der Waals surface area contributed by atoms with Crippen molar-refractivity contribution in [3.05, 3.63) is 0 Å². The summed E-state index contributed by atoms with van der Waals surface area (Å²) in [5.74, 6) is 0.935. The summed E-state index contributed by atoms with van der Waals surface area (Å²) in [6.45, 7) is 8.75. The summed E-state index contributed by atoms with van der Waals surface area (Å²) >= 11 is 0. The lowest BCUT2D eigenvalue weighted by Gasteiger charge is -1.90. The molecule has 0 unspecified atom stereocenters. The molecule has 0 bridgehead atoms. The van der Waals surface area contributed by atoms with Crippen LogP contribution >= 0.6 is 24.0 Å². The van der Waals surface area contributed by atoms with E-state index in [1.165, 1.54) is 19.5 Å². The highest BCUT2D eigenvalue weighted by Gasteiger charge is 2.06. The van der Waals surface area contributed by atoms with E-state index in [9.17, 15) is 0 Å². The Bertz CT molecular complexity index is 65.2. The molecule has 1 N–H and O–H groups in total. The molecule has 0 spiro atoms. The zero-order chi connectivity index (χ0) is 8.41. The summed E-state index contributed by atoms with van der Waals surface area (Å²) < 4.78 is 0. The van der Waals surface area contributed by atoms with Crippen molar-refractivity contribution in [1.82, 2.24) is 5.32 Å². The molecule has 1 atom stereocenters. The lowest BCUT2D eigenvalue weighted by atomic mass is 10.2. The third-order valence-electron chi connectivity index (χ3n) is 1.31. The van der Waals surface area contributed by atoms with Crippen LogP contribution in [0, 0.1) is 18.8 Å². The predicted octanol–water partition coefficient (Wildman–Crippen LogP) is 2.51. The minimum Gasteiger partial charge on any atom is -0.316 e. The van der Waals surface area contributed by atoms with Gasteiger partial charge in [-0.15, -0.1) is 36.8 Å². The Balaban J connectivity index is -0.000000114. The highest BCUT2D eigenvalue weighted by Crippen LogP contribution is 2.03. The standard InChI is InChI=1S/C5H11N.C2H6.C2H2.HI/c1-5-2-3-6-4-5;2*1-2;/h5-6H,2-4H2,1H3;1-2H3;1-2H;1H/t5-;;;/m1.../s1. The van der Waals surface area contributed by atoms with Crippen LogP contribution in [0.3, 0.4) is 0 Å². The Morgan fingerprint density at radius 1 is 1.27 bits per heavy atom. The van der Waals surface area contributed by atoms with Crippen LogP contribution in [-0.2, 0) is 0 Å². The molecule has 1 aliphatic heterocycles. The van der Waals surface area contributed by atoms with E-state index in [-0.39, 0.29) is 24.0 Å². The van der Waals surface area contributed by atoms with Crippen LogP contribution in [0.2, 0.25) is 0 Å². The van der Waals surface area contributed by atoms with Crippen LogP contribution in [0.25, 0.3) is 0 Å². The Morgan fingerprint density at radius 3 is 1.82 bits per heavy atom. The monoisotopic (exact) mass is 269 g/mol. The first kappa shape index (κ1) is 17.4. The van der Waals surface area contributed by atoms with Gasteiger partial charge in [-0.05, 0) is 25.4 Å². The maximum absolute atomic E-state index is 4.00. The van der Waals surface area contributed by atoms with E-state index >= 15 is 0 Å². The van der Waals surface area contributed by atoms with Crippen molar-refractivity contribution in [3.8, 4) is 12.8 Å². The van der Waals surface area contributed by atoms with Crippen LogP contribution in [0.15, 0.2) is 0 Å². The average molecular weight is 269 g/mol. The molecule has 1 aliphatic rings. The number of nitrogens with one attached hydrogen (secondary N) is 1. The zero-order valence-corrected chi connectivity index (χ0v) is 10.1. The van der Waals surface area contributed by atoms with Gasteiger partial charge in [-0.3, -0.25) is 0 Å². The van der Waals surface area contributed by atoms with Crippen LogP contribution in [-0.4, -0.2) is 13.1 Å². The van der Waals surface area contributed by atoms with Gasteiger partial charge in [0.2, 0.25) is 0 Å². The quantitative estimate of drug-likeness (QED) is 0.526. The predicted molar refractivity (Wildman–Crippen MR) is 63.3 cm³/mol. The molecule has 2 heteroatoms. The molecule has 0 aliphatic carbocycles. The molecule has 0 aromatic rings. The minimum absolute atomic E-state index is 0. The molecule has 0 amide bonds. The number of halogens is 1. The highest BCUT2D eigenvalue weighted by atomic mass is 127. The summed E-state index contributed by atoms with van der Waals surface area (Å²) in [6.07, 6.45) is 9.38. The van der Waals surface area contributed by atoms with Crippen molar-refractivity contribution in [2.45, 2.75) is 27.2 Å². The van der Waals surface area contributed by atoms with Gasteiger partial charge in [0.1, 0.15) is 0 Å². The first-order valence-electron chi connectivity index (χ1n) is 3.93. The van der Waals surface area contributed by atoms with Gasteiger partial charge in [0.25, 0.3) is 0 Å². The smallest absolute Gasteiger partial charge is 0.00227 e. The van der Waals surface area contributed by atoms with Gasteiger partial charge < -0.3 is 5.32 Å². The van der Waals surface area contributed by atoms with Crippen LogP contribution in [0.5, 0.6) is 0 Å². The third-order valence-corrected chi connectivity index (χ3v) is 1.31. The van der Waals surface area contributed by atoms with Gasteiger partial charge in [0, 0.05) is 0 Å². The summed E-state index contributed by atoms with van der Waals surface area (Å²) in [5.41, 5.74) is 0. The van der Waals surface area contributed by atoms with Gasteiger partial charge >= 0.3 is 0 Å². The third kappa shape index (κ3) is 13.3. The lowest BCUT2D eigenvalue weighted by molar-refractivity contribution is 0.651. The molecule has 0 aromatic heterocycles. The molecular weight excluding hydrogens is 249 g/mol. The fourth-order valence-corrected chi connectivity index (χ4v) is 0.799. The van der Waals surface area contributed by atoms with Crippen molar-refractivity contribution in [2.24, 2.45) is 5.92 Å². The molecule has 11 heavy (non-hydrogen) atoms. The Hall–Kier alpha value is 0.250. The molecule has 1 rings (SSSR count). The van der Waals surface area contributed by atoms with Crippen molar-refractivity contribution in [2.75, 3.05) is 13.1 Å². The van der Waals surface area contributed by atoms with Crippen LogP contribution in [0.1, 0.15) is 27.2 Å². The van der Waals surface area contributed by atoms with E-state index in [1.807, 2.05) is 13.8 Å². The molecule has 1 heterocycles. The van der Waals surface area contributed by atoms with Crippen molar-refractivity contribution in [3.63, 3.8) is 0 Å². The van der Waals surface area contributed by atoms with E-state index in [1.54, 1.807) is 0 Å². The first-order chi connectivity index (χ1) is 4.89. The second-order valence-corrected chi connectivity index (χ2v) is 2.10. The maximum Gasteiger partial charge on any atom is -0.00227 e. The topological polar surface area (TPSA) is 12.0 Å². The average Bonchev–Trinajstić information content (AvgIpc) is 2.48. The van der Waals surface area contributed by atoms with Gasteiger partial charge in [0.05, 0.1) is 0 Å². The van der Waals surface area contributed by atoms with Gasteiger partial charge in [-0.2, -0.15) is 0 Å². The molecular formula is C9H20IN. The molecule has 0 radical (unpaired) electrons. The summed E-state index contributed by atoms with van der Waals surface area (Å²) in [4.78, 5) is 0. The van der Waals surface area contributed by atoms with Crippen molar-refractivity contribution >= 4 is 24.0 Å². The summed E-state index contributed by atoms with van der Waals surface area (Å²) in [7, 11) is 0. The number of hydrogen-bond acceptors (Lipinski definition) is 1. The largest absolute Gasteiger partial charge is 0.316 e. The van der Waals surface area contributed by atoms with Crippen LogP contribution in [0.4, 0.5) is 0 Å². The molecule has 68 valence electrons. The number of hydrogen-bond donors (Lipinski definition) is 1. The van der Waals surface area contributed by atoms with E-state index in [4.69, 9.17) is 0 Å². The van der Waals surface area contributed by atoms with Gasteiger partial charge in [-0.25, -0.2) is 0 Å². The van der Waals surface area contributed by atoms with Crippen molar-refractivity contribution < 1.29 is 0 Å². The maximum atomic E-state index is 4.00. The fourth-order valence-electron chi connectivity index (χ4n) is 0.799. The second-order valence-electron chi connectivity index (χ2n) is 2.10. The molecule has 0 saturated carbocycles. The van der Waals surface area contributed by atoms with Gasteiger partial charge in [0.15, 0.2) is 0 Å². The van der Waals surface area contributed by atoms with Crippen molar-refractivity contribution in [1.29, 1.82) is 0 Å². The van der Waals surface area contributed by atoms with Crippen LogP contribution < -0.4 is 5.32 Å². The molecule has 0 aromatic carbocycles.